The number of halogens is 1. The van der Waals surface area contributed by atoms with Crippen LogP contribution in [0, 0.1) is 0 Å². The Labute approximate surface area is 171 Å². The molecule has 0 saturated carbocycles. The van der Waals surface area contributed by atoms with E-state index in [-0.39, 0.29) is 18.0 Å². The molecule has 0 unspecified atom stereocenters. The lowest BCUT2D eigenvalue weighted by molar-refractivity contribution is 0.0890. The Kier molecular flexibility index (Phi) is 4.12. The average Bonchev–Trinajstić information content (AvgIpc) is 3.35. The van der Waals surface area contributed by atoms with E-state index in [0.717, 1.165) is 5.39 Å². The predicted octanol–water partition coefficient (Wildman–Crippen LogP) is 1.72. The standard InChI is InChI=1S/C19H18FN7O2S/c1-26-18-13(8-23-26)3-2-4-16(18)25-30(28,29)15-9-24-27(10-15)17-7-14(5-6-22-17)19(20)11-21-12-19/h2-10,21,25H,11-12H2,1H3. The number of pyridine rings is 1. The van der Waals surface area contributed by atoms with Crippen LogP contribution in [0.1, 0.15) is 5.56 Å². The molecule has 5 rings (SSSR count). The number of sulfonamides is 1. The van der Waals surface area contributed by atoms with Crippen LogP contribution in [0.15, 0.2) is 60.0 Å². The van der Waals surface area contributed by atoms with Crippen LogP contribution in [-0.2, 0) is 22.7 Å². The summed E-state index contributed by atoms with van der Waals surface area (Å²) in [5.74, 6) is 0.339. The van der Waals surface area contributed by atoms with Gasteiger partial charge in [-0.1, -0.05) is 12.1 Å². The summed E-state index contributed by atoms with van der Waals surface area (Å²) in [7, 11) is -2.16. The van der Waals surface area contributed by atoms with Crippen molar-refractivity contribution in [3.05, 3.63) is 60.7 Å². The highest BCUT2D eigenvalue weighted by atomic mass is 32.2. The van der Waals surface area contributed by atoms with Crippen molar-refractivity contribution >= 4 is 26.6 Å². The molecule has 1 aliphatic rings. The summed E-state index contributed by atoms with van der Waals surface area (Å²) in [6.45, 7) is 0.470. The fourth-order valence-corrected chi connectivity index (χ4v) is 4.46. The smallest absolute Gasteiger partial charge is 0.265 e. The second kappa shape index (κ2) is 6.61. The van der Waals surface area contributed by atoms with Gasteiger partial charge in [0.2, 0.25) is 0 Å². The lowest BCUT2D eigenvalue weighted by Crippen LogP contribution is -2.53. The summed E-state index contributed by atoms with van der Waals surface area (Å²) in [5.41, 5.74) is 0.123. The first kappa shape index (κ1) is 18.7. The third-order valence-corrected chi connectivity index (χ3v) is 6.50. The van der Waals surface area contributed by atoms with E-state index in [1.165, 1.54) is 23.3 Å². The molecule has 0 atom stereocenters. The Morgan fingerprint density at radius 2 is 2.03 bits per heavy atom. The van der Waals surface area contributed by atoms with Gasteiger partial charge in [-0.2, -0.15) is 10.2 Å². The number of rotatable bonds is 5. The molecule has 0 bridgehead atoms. The summed E-state index contributed by atoms with van der Waals surface area (Å²) in [6, 6.07) is 8.47. The fourth-order valence-electron chi connectivity index (χ4n) is 3.46. The summed E-state index contributed by atoms with van der Waals surface area (Å²) in [6.07, 6.45) is 5.73. The number of nitrogens with zero attached hydrogens (tertiary/aromatic N) is 5. The Hall–Kier alpha value is -3.31. The van der Waals surface area contributed by atoms with Crippen LogP contribution in [0.5, 0.6) is 0 Å². The zero-order chi connectivity index (χ0) is 20.9. The van der Waals surface area contributed by atoms with Crippen LogP contribution in [0.25, 0.3) is 16.7 Å². The minimum absolute atomic E-state index is 0.0332. The van der Waals surface area contributed by atoms with Crippen LogP contribution in [0.3, 0.4) is 0 Å². The Morgan fingerprint density at radius 3 is 2.80 bits per heavy atom. The summed E-state index contributed by atoms with van der Waals surface area (Å²) >= 11 is 0. The third kappa shape index (κ3) is 3.02. The van der Waals surface area contributed by atoms with Crippen molar-refractivity contribution in [1.82, 2.24) is 29.9 Å². The Balaban J connectivity index is 1.46. The van der Waals surface area contributed by atoms with Gasteiger partial charge in [-0.25, -0.2) is 22.5 Å². The summed E-state index contributed by atoms with van der Waals surface area (Å²) in [4.78, 5) is 4.16. The zero-order valence-electron chi connectivity index (χ0n) is 15.9. The highest BCUT2D eigenvalue weighted by Crippen LogP contribution is 2.30. The van der Waals surface area contributed by atoms with Crippen LogP contribution in [-0.4, -0.2) is 46.1 Å². The number of hydrogen-bond donors (Lipinski definition) is 2. The quantitative estimate of drug-likeness (QED) is 0.502. The van der Waals surface area contributed by atoms with Crippen molar-refractivity contribution in [2.45, 2.75) is 10.6 Å². The highest BCUT2D eigenvalue weighted by Gasteiger charge is 2.39. The van der Waals surface area contributed by atoms with Crippen molar-refractivity contribution in [3.8, 4) is 5.82 Å². The van der Waals surface area contributed by atoms with Crippen LogP contribution in [0.4, 0.5) is 10.1 Å². The molecule has 0 radical (unpaired) electrons. The molecule has 4 heterocycles. The van der Waals surface area contributed by atoms with Gasteiger partial charge in [0.25, 0.3) is 10.0 Å². The number of anilines is 1. The Morgan fingerprint density at radius 1 is 1.20 bits per heavy atom. The average molecular weight is 427 g/mol. The van der Waals surface area contributed by atoms with Gasteiger partial charge in [0.05, 0.1) is 29.8 Å². The molecule has 1 aromatic carbocycles. The molecular formula is C19H18FN7O2S. The van der Waals surface area contributed by atoms with Gasteiger partial charge in [-0.05, 0) is 23.8 Å². The molecule has 30 heavy (non-hydrogen) atoms. The molecule has 0 spiro atoms. The van der Waals surface area contributed by atoms with E-state index in [9.17, 15) is 12.8 Å². The monoisotopic (exact) mass is 427 g/mol. The molecule has 11 heteroatoms. The largest absolute Gasteiger partial charge is 0.310 e. The summed E-state index contributed by atoms with van der Waals surface area (Å²) < 4.78 is 46.0. The first-order chi connectivity index (χ1) is 14.4. The lowest BCUT2D eigenvalue weighted by atomic mass is 9.91. The first-order valence-corrected chi connectivity index (χ1v) is 10.7. The van der Waals surface area contributed by atoms with Crippen LogP contribution < -0.4 is 10.0 Å². The maximum Gasteiger partial charge on any atom is 0.265 e. The van der Waals surface area contributed by atoms with E-state index < -0.39 is 15.7 Å². The lowest BCUT2D eigenvalue weighted by Gasteiger charge is -2.35. The van der Waals surface area contributed by atoms with Crippen LogP contribution >= 0.6 is 0 Å². The zero-order valence-corrected chi connectivity index (χ0v) is 16.8. The van der Waals surface area contributed by atoms with Crippen molar-refractivity contribution < 1.29 is 12.8 Å². The Bertz CT molecular complexity index is 1360. The normalized spacial score (nSPS) is 15.8. The first-order valence-electron chi connectivity index (χ1n) is 9.21. The maximum absolute atomic E-state index is 14.7. The number of fused-ring (bicyclic) bond motifs is 1. The van der Waals surface area contributed by atoms with Gasteiger partial charge in [-0.15, -0.1) is 0 Å². The van der Waals surface area contributed by atoms with E-state index in [1.54, 1.807) is 42.2 Å². The fraction of sp³-hybridized carbons (Fsp3) is 0.211. The number of aromatic nitrogens is 5. The van der Waals surface area contributed by atoms with Gasteiger partial charge in [0.1, 0.15) is 4.90 Å². The van der Waals surface area contributed by atoms with E-state index >= 15 is 0 Å². The minimum Gasteiger partial charge on any atom is -0.310 e. The SMILES string of the molecule is Cn1ncc2cccc(NS(=O)(=O)c3cnn(-c4cc(C5(F)CNC5)ccn4)c3)c21. The maximum atomic E-state index is 14.7. The molecule has 4 aromatic rings. The second-order valence-electron chi connectivity index (χ2n) is 7.21. The van der Waals surface area contributed by atoms with Crippen molar-refractivity contribution in [3.63, 3.8) is 0 Å². The topological polar surface area (TPSA) is 107 Å². The van der Waals surface area contributed by atoms with E-state index in [4.69, 9.17) is 0 Å². The molecular weight excluding hydrogens is 409 g/mol. The van der Waals surface area contributed by atoms with Gasteiger partial charge < -0.3 is 5.32 Å². The number of nitrogens with one attached hydrogen (secondary N) is 2. The predicted molar refractivity (Wildman–Crippen MR) is 109 cm³/mol. The van der Waals surface area contributed by atoms with E-state index in [1.807, 2.05) is 6.07 Å². The third-order valence-electron chi connectivity index (χ3n) is 5.18. The molecule has 1 aliphatic heterocycles. The molecule has 2 N–H and O–H groups in total. The van der Waals surface area contributed by atoms with E-state index in [2.05, 4.69) is 25.2 Å². The second-order valence-corrected chi connectivity index (χ2v) is 8.89. The molecule has 0 aliphatic carbocycles. The molecule has 1 fully saturated rings. The molecule has 154 valence electrons. The summed E-state index contributed by atoms with van der Waals surface area (Å²) in [5, 5.41) is 12.0. The van der Waals surface area contributed by atoms with Gasteiger partial charge >= 0.3 is 0 Å². The van der Waals surface area contributed by atoms with Gasteiger partial charge in [0.15, 0.2) is 11.5 Å². The molecule has 3 aromatic heterocycles. The number of benzene rings is 1. The van der Waals surface area contributed by atoms with Crippen molar-refractivity contribution in [1.29, 1.82) is 0 Å². The number of para-hydroxylation sites is 1. The number of alkyl halides is 1. The van der Waals surface area contributed by atoms with Crippen molar-refractivity contribution in [2.24, 2.45) is 7.05 Å². The minimum atomic E-state index is -3.90. The molecule has 0 amide bonds. The van der Waals surface area contributed by atoms with Gasteiger partial charge in [0, 0.05) is 31.7 Å². The highest BCUT2D eigenvalue weighted by molar-refractivity contribution is 7.92. The van der Waals surface area contributed by atoms with Gasteiger partial charge in [-0.3, -0.25) is 9.40 Å². The van der Waals surface area contributed by atoms with Crippen LogP contribution in [0.2, 0.25) is 0 Å². The number of aryl methyl sites for hydroxylation is 1. The molecule has 9 nitrogen and oxygen atoms in total. The molecule has 1 saturated heterocycles. The van der Waals surface area contributed by atoms with Crippen molar-refractivity contribution in [2.75, 3.05) is 17.8 Å². The van der Waals surface area contributed by atoms with E-state index in [0.29, 0.717) is 22.6 Å². The number of hydrogen-bond acceptors (Lipinski definition) is 6.